The average molecular weight is 369 g/mol. The lowest BCUT2D eigenvalue weighted by atomic mass is 9.75. The minimum atomic E-state index is -1.08. The summed E-state index contributed by atoms with van der Waals surface area (Å²) < 4.78 is 13.3. The van der Waals surface area contributed by atoms with E-state index in [0.717, 1.165) is 28.1 Å². The molecule has 1 fully saturated rings. The first-order chi connectivity index (χ1) is 13.7. The van der Waals surface area contributed by atoms with E-state index >= 15 is 0 Å². The first-order valence-electron chi connectivity index (χ1n) is 9.57. The summed E-state index contributed by atoms with van der Waals surface area (Å²) in [4.78, 5) is 15.4. The normalized spacial score (nSPS) is 29.5. The van der Waals surface area contributed by atoms with E-state index in [1.165, 1.54) is 0 Å². The van der Waals surface area contributed by atoms with Crippen molar-refractivity contribution < 1.29 is 14.3 Å². The zero-order valence-corrected chi connectivity index (χ0v) is 15.5. The topological polar surface area (TPSA) is 38.8 Å². The molecule has 3 heterocycles. The van der Waals surface area contributed by atoms with Gasteiger partial charge in [-0.3, -0.25) is 4.79 Å². The Balaban J connectivity index is 1.65. The van der Waals surface area contributed by atoms with E-state index in [2.05, 4.69) is 6.07 Å². The number of hydrogen-bond acceptors (Lipinski definition) is 3. The number of carbonyl (C=O) groups excluding carboxylic acids is 1. The van der Waals surface area contributed by atoms with Crippen molar-refractivity contribution in [3.63, 3.8) is 0 Å². The number of rotatable bonds is 1. The number of anilines is 1. The molecule has 3 aromatic rings. The van der Waals surface area contributed by atoms with Gasteiger partial charge in [-0.15, -0.1) is 0 Å². The van der Waals surface area contributed by atoms with Crippen LogP contribution in [-0.2, 0) is 20.9 Å². The molecule has 3 atom stereocenters. The summed E-state index contributed by atoms with van der Waals surface area (Å²) in [5, 5.41) is 0. The molecule has 3 aliphatic rings. The maximum absolute atomic E-state index is 13.7. The van der Waals surface area contributed by atoms with Crippen LogP contribution in [0.3, 0.4) is 0 Å². The quantitative estimate of drug-likeness (QED) is 0.642. The van der Waals surface area contributed by atoms with Crippen LogP contribution in [0.15, 0.2) is 78.9 Å². The molecule has 1 saturated heterocycles. The lowest BCUT2D eigenvalue weighted by Gasteiger charge is -2.33. The van der Waals surface area contributed by atoms with Crippen molar-refractivity contribution in [2.75, 3.05) is 11.9 Å². The fourth-order valence-electron chi connectivity index (χ4n) is 5.13. The smallest absolute Gasteiger partial charge is 0.264 e. The highest BCUT2D eigenvalue weighted by atomic mass is 16.7. The van der Waals surface area contributed by atoms with E-state index in [1.54, 1.807) is 4.90 Å². The molecule has 138 valence electrons. The summed E-state index contributed by atoms with van der Waals surface area (Å²) in [6.45, 7) is 0. The highest BCUT2D eigenvalue weighted by Crippen LogP contribution is 2.65. The number of ether oxygens (including phenoxy) is 2. The van der Waals surface area contributed by atoms with Gasteiger partial charge in [0.1, 0.15) is 5.75 Å². The Kier molecular flexibility index (Phi) is 2.97. The summed E-state index contributed by atoms with van der Waals surface area (Å²) in [5.41, 5.74) is 2.72. The van der Waals surface area contributed by atoms with Crippen LogP contribution in [0.5, 0.6) is 5.75 Å². The Hall–Kier alpha value is -3.11. The van der Waals surface area contributed by atoms with Crippen molar-refractivity contribution in [2.24, 2.45) is 0 Å². The molecule has 0 aromatic heterocycles. The number of fused-ring (bicyclic) bond motifs is 7. The highest BCUT2D eigenvalue weighted by Gasteiger charge is 2.69. The number of benzene rings is 3. The number of para-hydroxylation sites is 2. The Morgan fingerprint density at radius 2 is 1.64 bits per heavy atom. The van der Waals surface area contributed by atoms with Gasteiger partial charge in [-0.05, 0) is 12.1 Å². The zero-order chi connectivity index (χ0) is 18.9. The molecule has 4 heteroatoms. The predicted molar refractivity (Wildman–Crippen MR) is 105 cm³/mol. The highest BCUT2D eigenvalue weighted by molar-refractivity contribution is 6.07. The summed E-state index contributed by atoms with van der Waals surface area (Å²) in [7, 11) is 1.82. The van der Waals surface area contributed by atoms with Crippen molar-refractivity contribution >= 4 is 11.6 Å². The van der Waals surface area contributed by atoms with Crippen LogP contribution < -0.4 is 9.64 Å². The first kappa shape index (κ1) is 15.9. The molecular formula is C24H19NO3. The molecule has 0 radical (unpaired) electrons. The summed E-state index contributed by atoms with van der Waals surface area (Å²) in [5.74, 6) is -0.332. The molecule has 1 amide bonds. The fraction of sp³-hybridized carbons (Fsp3) is 0.208. The third kappa shape index (κ3) is 1.76. The van der Waals surface area contributed by atoms with Gasteiger partial charge >= 0.3 is 0 Å². The van der Waals surface area contributed by atoms with Crippen LogP contribution in [0, 0.1) is 0 Å². The second kappa shape index (κ2) is 5.24. The van der Waals surface area contributed by atoms with Crippen molar-refractivity contribution in [3.05, 3.63) is 95.6 Å². The number of nitrogens with zero attached hydrogens (tertiary/aromatic N) is 1. The molecule has 28 heavy (non-hydrogen) atoms. The number of carbonyl (C=O) groups is 1. The van der Waals surface area contributed by atoms with E-state index in [9.17, 15) is 4.79 Å². The summed E-state index contributed by atoms with van der Waals surface area (Å²) >= 11 is 0. The standard InChI is InChI=1S/C24H19NO3/c1-25-20-13-7-6-12-18(20)24(22(25)26)19-15-23(28-24,16-9-3-2-4-10-16)27-21-14-8-5-11-17(19)21/h2-14,19H,15H2,1H3/t19-,23-,24+/m0/s1. The third-order valence-electron chi connectivity index (χ3n) is 6.36. The molecule has 3 aromatic carbocycles. The van der Waals surface area contributed by atoms with Crippen LogP contribution >= 0.6 is 0 Å². The van der Waals surface area contributed by atoms with Crippen LogP contribution in [0.25, 0.3) is 0 Å². The Bertz CT molecular complexity index is 1110. The van der Waals surface area contributed by atoms with Gasteiger partial charge in [0, 0.05) is 36.1 Å². The zero-order valence-electron chi connectivity index (χ0n) is 15.5. The van der Waals surface area contributed by atoms with Gasteiger partial charge < -0.3 is 14.4 Å². The minimum Gasteiger partial charge on any atom is -0.458 e. The van der Waals surface area contributed by atoms with E-state index in [4.69, 9.17) is 9.47 Å². The molecular weight excluding hydrogens is 350 g/mol. The van der Waals surface area contributed by atoms with Crippen LogP contribution in [-0.4, -0.2) is 13.0 Å². The maximum atomic E-state index is 13.7. The van der Waals surface area contributed by atoms with E-state index < -0.39 is 11.4 Å². The average Bonchev–Trinajstić information content (AvgIpc) is 3.15. The molecule has 6 rings (SSSR count). The van der Waals surface area contributed by atoms with Crippen molar-refractivity contribution in [2.45, 2.75) is 23.7 Å². The largest absolute Gasteiger partial charge is 0.458 e. The van der Waals surface area contributed by atoms with E-state index in [-0.39, 0.29) is 11.8 Å². The molecule has 0 aliphatic carbocycles. The Labute approximate surface area is 163 Å². The lowest BCUT2D eigenvalue weighted by Crippen LogP contribution is -2.43. The van der Waals surface area contributed by atoms with Crippen molar-refractivity contribution in [3.8, 4) is 5.75 Å². The van der Waals surface area contributed by atoms with E-state index in [0.29, 0.717) is 6.42 Å². The number of amides is 1. The number of likely N-dealkylation sites (N-methyl/N-ethyl adjacent to an activating group) is 1. The molecule has 0 N–H and O–H groups in total. The molecule has 0 saturated carbocycles. The SMILES string of the molecule is CN1C(=O)[C@@]2(O[C@]3(c4ccccc4)C[C@H]2c2ccccc2O3)c2ccccc21. The van der Waals surface area contributed by atoms with Crippen LogP contribution in [0.1, 0.15) is 29.0 Å². The van der Waals surface area contributed by atoms with Gasteiger partial charge in [-0.2, -0.15) is 0 Å². The summed E-state index contributed by atoms with van der Waals surface area (Å²) in [6, 6.07) is 25.9. The molecule has 0 unspecified atom stereocenters. The molecule has 4 nitrogen and oxygen atoms in total. The summed E-state index contributed by atoms with van der Waals surface area (Å²) in [6.07, 6.45) is 0.599. The van der Waals surface area contributed by atoms with Gasteiger partial charge in [0.05, 0.1) is 5.69 Å². The van der Waals surface area contributed by atoms with Crippen LogP contribution in [0.4, 0.5) is 5.69 Å². The lowest BCUT2D eigenvalue weighted by molar-refractivity contribution is -0.213. The second-order valence-electron chi connectivity index (χ2n) is 7.73. The van der Waals surface area contributed by atoms with Crippen LogP contribution in [0.2, 0.25) is 0 Å². The first-order valence-corrected chi connectivity index (χ1v) is 9.57. The molecule has 2 bridgehead atoms. The van der Waals surface area contributed by atoms with Crippen molar-refractivity contribution in [1.82, 2.24) is 0 Å². The second-order valence-corrected chi connectivity index (χ2v) is 7.73. The number of hydrogen-bond donors (Lipinski definition) is 0. The Morgan fingerprint density at radius 1 is 0.929 bits per heavy atom. The monoisotopic (exact) mass is 369 g/mol. The fourth-order valence-corrected chi connectivity index (χ4v) is 5.13. The Morgan fingerprint density at radius 3 is 2.50 bits per heavy atom. The van der Waals surface area contributed by atoms with Gasteiger partial charge in [-0.1, -0.05) is 66.7 Å². The van der Waals surface area contributed by atoms with Crippen molar-refractivity contribution in [1.29, 1.82) is 0 Å². The predicted octanol–water partition coefficient (Wildman–Crippen LogP) is 4.31. The van der Waals surface area contributed by atoms with Gasteiger partial charge in [0.15, 0.2) is 5.60 Å². The van der Waals surface area contributed by atoms with Gasteiger partial charge in [-0.25, -0.2) is 0 Å². The minimum absolute atomic E-state index is 0.0307. The third-order valence-corrected chi connectivity index (χ3v) is 6.36. The molecule has 3 aliphatic heterocycles. The van der Waals surface area contributed by atoms with Gasteiger partial charge in [0.25, 0.3) is 5.91 Å². The molecule has 1 spiro atoms. The van der Waals surface area contributed by atoms with Gasteiger partial charge in [0.2, 0.25) is 5.79 Å². The van der Waals surface area contributed by atoms with E-state index in [1.807, 2.05) is 79.8 Å². The maximum Gasteiger partial charge on any atom is 0.264 e.